The first kappa shape index (κ1) is 14.4. The molecule has 90 valence electrons. The number of carbonyl (C=O) groups excluding carboxylic acids is 1. The third kappa shape index (κ3) is 8.39. The Morgan fingerprint density at radius 3 is 2.47 bits per heavy atom. The van der Waals surface area contributed by atoms with Crippen LogP contribution in [-0.4, -0.2) is 37.7 Å². The van der Waals surface area contributed by atoms with Gasteiger partial charge < -0.3 is 15.4 Å². The molecule has 0 aliphatic heterocycles. The third-order valence-corrected chi connectivity index (χ3v) is 1.87. The van der Waals surface area contributed by atoms with Gasteiger partial charge in [-0.2, -0.15) is 0 Å². The van der Waals surface area contributed by atoms with E-state index in [1.807, 2.05) is 13.8 Å². The number of carbonyl (C=O) groups is 1. The number of hydrogen-bond donors (Lipinski definition) is 2. The summed E-state index contributed by atoms with van der Waals surface area (Å²) in [5.74, 6) is -0.0412. The van der Waals surface area contributed by atoms with Crippen molar-refractivity contribution < 1.29 is 9.53 Å². The van der Waals surface area contributed by atoms with E-state index >= 15 is 0 Å². The van der Waals surface area contributed by atoms with Gasteiger partial charge in [0.05, 0.1) is 6.61 Å². The molecule has 0 spiro atoms. The van der Waals surface area contributed by atoms with Gasteiger partial charge in [0, 0.05) is 12.6 Å². The Bertz CT molecular complexity index is 172. The predicted molar refractivity (Wildman–Crippen MR) is 61.9 cm³/mol. The highest BCUT2D eigenvalue weighted by Crippen LogP contribution is 1.91. The molecule has 0 aliphatic carbocycles. The summed E-state index contributed by atoms with van der Waals surface area (Å²) < 4.78 is 5.38. The van der Waals surface area contributed by atoms with Gasteiger partial charge in [0.2, 0.25) is 5.91 Å². The van der Waals surface area contributed by atoms with E-state index in [4.69, 9.17) is 4.74 Å². The number of rotatable bonds is 8. The molecule has 4 heteroatoms. The minimum absolute atomic E-state index is 0.0412. The van der Waals surface area contributed by atoms with Crippen LogP contribution in [0.3, 0.4) is 0 Å². The van der Waals surface area contributed by atoms with E-state index in [0.717, 1.165) is 19.5 Å². The summed E-state index contributed by atoms with van der Waals surface area (Å²) in [6.07, 6.45) is 0.749. The monoisotopic (exact) mass is 216 g/mol. The topological polar surface area (TPSA) is 50.4 Å². The van der Waals surface area contributed by atoms with Gasteiger partial charge in [-0.3, -0.25) is 4.79 Å². The molecule has 0 aromatic rings. The van der Waals surface area contributed by atoms with Gasteiger partial charge in [0.25, 0.3) is 0 Å². The van der Waals surface area contributed by atoms with Crippen LogP contribution < -0.4 is 10.6 Å². The van der Waals surface area contributed by atoms with Crippen LogP contribution in [0.15, 0.2) is 0 Å². The van der Waals surface area contributed by atoms with Crippen LogP contribution in [0, 0.1) is 0 Å². The Balaban J connectivity index is 3.47. The van der Waals surface area contributed by atoms with Gasteiger partial charge in [-0.25, -0.2) is 0 Å². The zero-order valence-electron chi connectivity index (χ0n) is 10.3. The van der Waals surface area contributed by atoms with E-state index in [1.165, 1.54) is 0 Å². The normalized spacial score (nSPS) is 12.9. The Kier molecular flexibility index (Phi) is 8.33. The molecule has 0 saturated carbocycles. The van der Waals surface area contributed by atoms with Crippen LogP contribution in [0.1, 0.15) is 34.1 Å². The van der Waals surface area contributed by atoms with E-state index < -0.39 is 0 Å². The molecule has 0 bridgehead atoms. The first-order chi connectivity index (χ1) is 7.07. The molecule has 0 rings (SSSR count). The van der Waals surface area contributed by atoms with E-state index in [-0.39, 0.29) is 18.1 Å². The SMILES string of the molecule is CCCNCCOC(C)C(=O)NC(C)C. The molecular weight excluding hydrogens is 192 g/mol. The van der Waals surface area contributed by atoms with Crippen molar-refractivity contribution >= 4 is 5.91 Å². The maximum atomic E-state index is 11.4. The zero-order chi connectivity index (χ0) is 11.7. The fourth-order valence-corrected chi connectivity index (χ4v) is 1.09. The highest BCUT2D eigenvalue weighted by Gasteiger charge is 2.13. The molecule has 0 saturated heterocycles. The minimum atomic E-state index is -0.365. The van der Waals surface area contributed by atoms with Gasteiger partial charge in [-0.05, 0) is 33.7 Å². The molecule has 0 aromatic heterocycles. The van der Waals surface area contributed by atoms with Crippen LogP contribution in [0.25, 0.3) is 0 Å². The van der Waals surface area contributed by atoms with E-state index in [0.29, 0.717) is 6.61 Å². The number of amides is 1. The summed E-state index contributed by atoms with van der Waals surface area (Å²) in [4.78, 5) is 11.4. The average molecular weight is 216 g/mol. The maximum absolute atomic E-state index is 11.4. The van der Waals surface area contributed by atoms with Gasteiger partial charge >= 0.3 is 0 Å². The van der Waals surface area contributed by atoms with Crippen LogP contribution in [0.5, 0.6) is 0 Å². The summed E-state index contributed by atoms with van der Waals surface area (Å²) in [6, 6.07) is 0.168. The summed E-state index contributed by atoms with van der Waals surface area (Å²) in [5.41, 5.74) is 0. The Morgan fingerprint density at radius 2 is 1.93 bits per heavy atom. The predicted octanol–water partition coefficient (Wildman–Crippen LogP) is 0.916. The second-order valence-corrected chi connectivity index (χ2v) is 3.93. The second kappa shape index (κ2) is 8.68. The molecule has 0 aliphatic rings. The highest BCUT2D eigenvalue weighted by molar-refractivity contribution is 5.80. The molecular formula is C11H24N2O2. The molecule has 4 nitrogen and oxygen atoms in total. The highest BCUT2D eigenvalue weighted by atomic mass is 16.5. The lowest BCUT2D eigenvalue weighted by Crippen LogP contribution is -2.39. The molecule has 0 radical (unpaired) electrons. The lowest BCUT2D eigenvalue weighted by molar-refractivity contribution is -0.132. The fraction of sp³-hybridized carbons (Fsp3) is 0.909. The van der Waals surface area contributed by atoms with Crippen molar-refractivity contribution in [3.63, 3.8) is 0 Å². The Morgan fingerprint density at radius 1 is 1.27 bits per heavy atom. The molecule has 15 heavy (non-hydrogen) atoms. The summed E-state index contributed by atoms with van der Waals surface area (Å²) in [5, 5.41) is 6.02. The molecule has 0 heterocycles. The first-order valence-electron chi connectivity index (χ1n) is 5.70. The Labute approximate surface area is 92.8 Å². The summed E-state index contributed by atoms with van der Waals surface area (Å²) >= 11 is 0. The number of hydrogen-bond acceptors (Lipinski definition) is 3. The molecule has 2 N–H and O–H groups in total. The first-order valence-corrected chi connectivity index (χ1v) is 5.70. The van der Waals surface area contributed by atoms with Crippen LogP contribution in [0.4, 0.5) is 0 Å². The molecule has 1 atom stereocenters. The zero-order valence-corrected chi connectivity index (χ0v) is 10.3. The van der Waals surface area contributed by atoms with Crippen molar-refractivity contribution in [1.82, 2.24) is 10.6 Å². The number of ether oxygens (including phenoxy) is 1. The average Bonchev–Trinajstić information content (AvgIpc) is 2.16. The van der Waals surface area contributed by atoms with Crippen LogP contribution >= 0.6 is 0 Å². The van der Waals surface area contributed by atoms with Crippen molar-refractivity contribution in [2.24, 2.45) is 0 Å². The lowest BCUT2D eigenvalue weighted by atomic mass is 10.3. The molecule has 1 unspecified atom stereocenters. The van der Waals surface area contributed by atoms with Crippen LogP contribution in [0.2, 0.25) is 0 Å². The smallest absolute Gasteiger partial charge is 0.249 e. The van der Waals surface area contributed by atoms with Crippen LogP contribution in [-0.2, 0) is 9.53 Å². The molecule has 0 fully saturated rings. The summed E-state index contributed by atoms with van der Waals surface area (Å²) in [7, 11) is 0. The quantitative estimate of drug-likeness (QED) is 0.593. The summed E-state index contributed by atoms with van der Waals surface area (Å²) in [6.45, 7) is 10.1. The van der Waals surface area contributed by atoms with Crippen molar-refractivity contribution in [2.45, 2.75) is 46.3 Å². The third-order valence-electron chi connectivity index (χ3n) is 1.87. The van der Waals surface area contributed by atoms with Gasteiger partial charge in [0.1, 0.15) is 6.10 Å². The minimum Gasteiger partial charge on any atom is -0.367 e. The van der Waals surface area contributed by atoms with E-state index in [9.17, 15) is 4.79 Å². The maximum Gasteiger partial charge on any atom is 0.249 e. The van der Waals surface area contributed by atoms with Crippen molar-refractivity contribution in [2.75, 3.05) is 19.7 Å². The van der Waals surface area contributed by atoms with Gasteiger partial charge in [-0.15, -0.1) is 0 Å². The van der Waals surface area contributed by atoms with E-state index in [2.05, 4.69) is 17.6 Å². The fourth-order valence-electron chi connectivity index (χ4n) is 1.09. The number of nitrogens with one attached hydrogen (secondary N) is 2. The van der Waals surface area contributed by atoms with Crippen molar-refractivity contribution in [3.8, 4) is 0 Å². The molecule has 1 amide bonds. The largest absolute Gasteiger partial charge is 0.367 e. The Hall–Kier alpha value is -0.610. The van der Waals surface area contributed by atoms with E-state index in [1.54, 1.807) is 6.92 Å². The van der Waals surface area contributed by atoms with Crippen molar-refractivity contribution in [3.05, 3.63) is 0 Å². The van der Waals surface area contributed by atoms with Gasteiger partial charge in [0.15, 0.2) is 0 Å². The van der Waals surface area contributed by atoms with Gasteiger partial charge in [-0.1, -0.05) is 6.92 Å². The van der Waals surface area contributed by atoms with Crippen molar-refractivity contribution in [1.29, 1.82) is 0 Å². The second-order valence-electron chi connectivity index (χ2n) is 3.93. The standard InChI is InChI=1S/C11H24N2O2/c1-5-6-12-7-8-15-10(4)11(14)13-9(2)3/h9-10,12H,5-8H2,1-4H3,(H,13,14). The molecule has 0 aromatic carbocycles. The lowest BCUT2D eigenvalue weighted by Gasteiger charge is -2.15.